The van der Waals surface area contributed by atoms with Gasteiger partial charge in [-0.3, -0.25) is 0 Å². The summed E-state index contributed by atoms with van der Waals surface area (Å²) in [5, 5.41) is 0. The van der Waals surface area contributed by atoms with Crippen molar-refractivity contribution in [2.24, 2.45) is 0 Å². The SMILES string of the molecule is C=CCCCC1=C([C](=[W])OC)C(c2ccccc2)C=CN1CCC.[C-]#[O+].[C-]#[O+].[C-]#[O+].[C-]#[O+].[C-]#[O+]. The molecule has 1 aliphatic heterocycles. The van der Waals surface area contributed by atoms with E-state index < -0.39 is 0 Å². The van der Waals surface area contributed by atoms with E-state index in [9.17, 15) is 0 Å². The van der Waals surface area contributed by atoms with Crippen LogP contribution in [0.3, 0.4) is 0 Å². The van der Waals surface area contributed by atoms with Gasteiger partial charge < -0.3 is 0 Å². The summed E-state index contributed by atoms with van der Waals surface area (Å²) in [7, 11) is 1.79. The van der Waals surface area contributed by atoms with Gasteiger partial charge in [0.25, 0.3) is 0 Å². The van der Waals surface area contributed by atoms with E-state index in [1.165, 1.54) is 36.2 Å². The Hall–Kier alpha value is -2.54. The topological polar surface area (TPSA) is 112 Å². The van der Waals surface area contributed by atoms with Crippen molar-refractivity contribution in [2.45, 2.75) is 38.5 Å². The van der Waals surface area contributed by atoms with Crippen LogP contribution in [0.4, 0.5) is 0 Å². The summed E-state index contributed by atoms with van der Waals surface area (Å²) < 4.78 is 44.3. The van der Waals surface area contributed by atoms with Crippen molar-refractivity contribution >= 4 is 4.08 Å². The Bertz CT molecular complexity index is 800. The molecule has 1 aromatic carbocycles. The van der Waals surface area contributed by atoms with Crippen LogP contribution in [-0.4, -0.2) is 22.6 Å². The van der Waals surface area contributed by atoms with Crippen LogP contribution in [0.25, 0.3) is 0 Å². The Morgan fingerprint density at radius 2 is 1.56 bits per heavy atom. The third kappa shape index (κ3) is 14.6. The average Bonchev–Trinajstić information content (AvgIpc) is 2.95. The predicted molar refractivity (Wildman–Crippen MR) is 118 cm³/mol. The van der Waals surface area contributed by atoms with E-state index in [-0.39, 0.29) is 5.92 Å². The van der Waals surface area contributed by atoms with Crippen molar-refractivity contribution < 1.29 is 47.4 Å². The van der Waals surface area contributed by atoms with E-state index in [0.29, 0.717) is 0 Å². The molecule has 0 aromatic heterocycles. The molecule has 0 fully saturated rings. The minimum absolute atomic E-state index is 0.283. The Morgan fingerprint density at radius 1 is 1.03 bits per heavy atom. The van der Waals surface area contributed by atoms with Crippen LogP contribution >= 0.6 is 0 Å². The molecular weight excluding hydrogens is 606 g/mol. The molecule has 34 heavy (non-hydrogen) atoms. The third-order valence-corrected chi connectivity index (χ3v) is 5.67. The molecule has 0 aliphatic carbocycles. The Kier molecular flexibility index (Phi) is 34.7. The van der Waals surface area contributed by atoms with Crippen molar-refractivity contribution in [3.8, 4) is 0 Å². The van der Waals surface area contributed by atoms with E-state index in [4.69, 9.17) is 28.0 Å². The van der Waals surface area contributed by atoms with Gasteiger partial charge in [0.05, 0.1) is 0 Å². The molecule has 8 heteroatoms. The monoisotopic (exact) mass is 633 g/mol. The fraction of sp³-hybridized carbons (Fsp3) is 0.308. The minimum atomic E-state index is 0.283. The first-order chi connectivity index (χ1) is 16.7. The Balaban J connectivity index is -0.000000398. The molecule has 0 radical (unpaired) electrons. The quantitative estimate of drug-likeness (QED) is 0.169. The summed E-state index contributed by atoms with van der Waals surface area (Å²) in [5.74, 6) is 0.283. The zero-order chi connectivity index (χ0) is 27.4. The molecule has 1 unspecified atom stereocenters. The second-order valence-corrected chi connectivity index (χ2v) is 7.29. The van der Waals surface area contributed by atoms with E-state index in [0.717, 1.165) is 36.3 Å². The number of nitrogens with zero attached hydrogens (tertiary/aromatic N) is 1. The number of unbranched alkanes of at least 4 members (excludes halogenated alkanes) is 1. The number of benzene rings is 1. The second kappa shape index (κ2) is 30.5. The summed E-state index contributed by atoms with van der Waals surface area (Å²) in [6.45, 7) is 29.6. The van der Waals surface area contributed by atoms with Gasteiger partial charge in [0.1, 0.15) is 0 Å². The van der Waals surface area contributed by atoms with Crippen LogP contribution in [0.5, 0.6) is 0 Å². The van der Waals surface area contributed by atoms with Gasteiger partial charge in [0.15, 0.2) is 0 Å². The van der Waals surface area contributed by atoms with Crippen molar-refractivity contribution in [1.29, 1.82) is 0 Å². The van der Waals surface area contributed by atoms with Crippen molar-refractivity contribution in [3.05, 3.63) is 105 Å². The molecule has 1 aromatic rings. The van der Waals surface area contributed by atoms with Crippen LogP contribution in [-0.2, 0) is 47.4 Å². The molecule has 0 saturated carbocycles. The van der Waals surface area contributed by atoms with E-state index in [1.807, 2.05) is 6.08 Å². The van der Waals surface area contributed by atoms with Gasteiger partial charge in [-0.1, -0.05) is 0 Å². The summed E-state index contributed by atoms with van der Waals surface area (Å²) in [6, 6.07) is 10.7. The summed E-state index contributed by atoms with van der Waals surface area (Å²) in [4.78, 5) is 2.42. The number of hydrogen-bond donors (Lipinski definition) is 0. The van der Waals surface area contributed by atoms with Crippen LogP contribution < -0.4 is 0 Å². The first-order valence-electron chi connectivity index (χ1n) is 9.67. The zero-order valence-electron chi connectivity index (χ0n) is 19.2. The van der Waals surface area contributed by atoms with Crippen molar-refractivity contribution in [3.63, 3.8) is 0 Å². The summed E-state index contributed by atoms with van der Waals surface area (Å²) in [5.41, 5.74) is 4.11. The molecular formula is C26H27NO6W. The van der Waals surface area contributed by atoms with E-state index >= 15 is 0 Å². The van der Waals surface area contributed by atoms with Gasteiger partial charge in [-0.05, 0) is 0 Å². The average molecular weight is 633 g/mol. The number of rotatable bonds is 9. The standard InChI is InChI=1S/C21H27NO.5CO.W/c1-4-6-8-13-21-20(17-23-3)19(14-16-22(21)15-5-2)18-11-9-7-10-12-18;5*1-2;/h4,7,9-12,14,16,19H,1,5-6,8,13,15H2,2-3H3;;;;;;. The second-order valence-electron chi connectivity index (χ2n) is 5.96. The molecule has 178 valence electrons. The molecule has 0 saturated heterocycles. The zero-order valence-corrected chi connectivity index (χ0v) is 22.2. The van der Waals surface area contributed by atoms with Gasteiger partial charge in [-0.15, -0.1) is 0 Å². The fourth-order valence-corrected chi connectivity index (χ4v) is 4.03. The predicted octanol–water partition coefficient (Wildman–Crippen LogP) is 4.76. The van der Waals surface area contributed by atoms with Gasteiger partial charge in [-0.25, -0.2) is 0 Å². The van der Waals surface area contributed by atoms with Crippen LogP contribution in [0.2, 0.25) is 0 Å². The first kappa shape index (κ1) is 38.7. The first-order valence-corrected chi connectivity index (χ1v) is 11.1. The normalized spacial score (nSPS) is 12.5. The van der Waals surface area contributed by atoms with Crippen molar-refractivity contribution in [1.82, 2.24) is 4.90 Å². The summed E-state index contributed by atoms with van der Waals surface area (Å²) in [6.07, 6.45) is 11.0. The molecule has 1 aliphatic rings. The Morgan fingerprint density at radius 3 is 2.00 bits per heavy atom. The molecule has 1 heterocycles. The maximum atomic E-state index is 7.50. The van der Waals surface area contributed by atoms with Crippen molar-refractivity contribution in [2.75, 3.05) is 13.7 Å². The number of allylic oxidation sites excluding steroid dienone is 3. The van der Waals surface area contributed by atoms with Gasteiger partial charge in [0, 0.05) is 0 Å². The molecule has 7 nitrogen and oxygen atoms in total. The molecule has 0 N–H and O–H groups in total. The van der Waals surface area contributed by atoms with Crippen LogP contribution in [0.1, 0.15) is 44.1 Å². The number of methoxy groups -OCH3 is 1. The Labute approximate surface area is 213 Å². The third-order valence-electron chi connectivity index (χ3n) is 4.28. The molecule has 0 amide bonds. The molecule has 0 spiro atoms. The number of hydrogen-bond acceptors (Lipinski definition) is 2. The number of ether oxygens (including phenoxy) is 1. The van der Waals surface area contributed by atoms with Crippen LogP contribution in [0.15, 0.2) is 66.5 Å². The van der Waals surface area contributed by atoms with E-state index in [2.05, 4.69) is 94.3 Å². The maximum absolute atomic E-state index is 7.50. The van der Waals surface area contributed by atoms with Crippen LogP contribution in [0, 0.1) is 33.3 Å². The van der Waals surface area contributed by atoms with Gasteiger partial charge in [0.2, 0.25) is 0 Å². The van der Waals surface area contributed by atoms with Gasteiger partial charge in [-0.2, -0.15) is 0 Å². The molecule has 2 rings (SSSR count). The fourth-order valence-electron chi connectivity index (χ4n) is 3.15. The molecule has 0 bridgehead atoms. The summed E-state index contributed by atoms with van der Waals surface area (Å²) >= 11 is 1.39. The van der Waals surface area contributed by atoms with Gasteiger partial charge >= 0.3 is 214 Å². The van der Waals surface area contributed by atoms with E-state index in [1.54, 1.807) is 7.11 Å². The molecule has 1 atom stereocenters.